The Morgan fingerprint density at radius 3 is 3.29 bits per heavy atom. The van der Waals surface area contributed by atoms with Crippen molar-refractivity contribution < 1.29 is 14.6 Å². The molecular formula is C8H10N2O3S. The van der Waals surface area contributed by atoms with Crippen LogP contribution in [0, 0.1) is 0 Å². The van der Waals surface area contributed by atoms with Gasteiger partial charge in [-0.25, -0.2) is 9.78 Å². The number of anilines is 1. The molecule has 14 heavy (non-hydrogen) atoms. The van der Waals surface area contributed by atoms with Crippen LogP contribution in [0.25, 0.3) is 0 Å². The van der Waals surface area contributed by atoms with Gasteiger partial charge in [0.15, 0.2) is 11.2 Å². The number of rotatable bonds is 2. The number of aliphatic carboxylic acids is 1. The molecule has 1 saturated heterocycles. The van der Waals surface area contributed by atoms with Crippen molar-refractivity contribution in [2.24, 2.45) is 0 Å². The average molecular weight is 214 g/mol. The highest BCUT2D eigenvalue weighted by Gasteiger charge is 2.30. The maximum Gasteiger partial charge on any atom is 0.328 e. The van der Waals surface area contributed by atoms with Gasteiger partial charge in [0.2, 0.25) is 0 Å². The van der Waals surface area contributed by atoms with Crippen molar-refractivity contribution in [3.8, 4) is 0 Å². The molecule has 0 saturated carbocycles. The van der Waals surface area contributed by atoms with Crippen LogP contribution in [0.4, 0.5) is 5.13 Å². The molecule has 5 nitrogen and oxygen atoms in total. The third kappa shape index (κ3) is 1.71. The number of aromatic nitrogens is 1. The first-order chi connectivity index (χ1) is 6.79. The number of hydrogen-bond acceptors (Lipinski definition) is 5. The Morgan fingerprint density at radius 2 is 2.64 bits per heavy atom. The number of carbonyl (C=O) groups is 1. The Labute approximate surface area is 84.9 Å². The molecule has 2 rings (SSSR count). The summed E-state index contributed by atoms with van der Waals surface area (Å²) in [5.41, 5.74) is 0. The van der Waals surface area contributed by atoms with E-state index in [9.17, 15) is 4.79 Å². The van der Waals surface area contributed by atoms with Crippen LogP contribution in [0.15, 0.2) is 11.6 Å². The number of carboxylic acid groups (broad SMARTS) is 1. The lowest BCUT2D eigenvalue weighted by Crippen LogP contribution is -2.50. The third-order valence-electron chi connectivity index (χ3n) is 2.08. The van der Waals surface area contributed by atoms with Crippen molar-refractivity contribution in [2.45, 2.75) is 6.04 Å². The topological polar surface area (TPSA) is 62.7 Å². The Bertz CT molecular complexity index is 314. The van der Waals surface area contributed by atoms with Crippen LogP contribution in [0.2, 0.25) is 0 Å². The lowest BCUT2D eigenvalue weighted by atomic mass is 10.2. The second kappa shape index (κ2) is 3.93. The minimum Gasteiger partial charge on any atom is -0.480 e. The summed E-state index contributed by atoms with van der Waals surface area (Å²) in [6.45, 7) is 1.38. The van der Waals surface area contributed by atoms with Gasteiger partial charge >= 0.3 is 5.97 Å². The fourth-order valence-electron chi connectivity index (χ4n) is 1.39. The molecule has 76 valence electrons. The molecule has 0 radical (unpaired) electrons. The van der Waals surface area contributed by atoms with E-state index >= 15 is 0 Å². The number of hydrogen-bond donors (Lipinski definition) is 1. The zero-order valence-corrected chi connectivity index (χ0v) is 8.24. The molecule has 0 aromatic carbocycles. The van der Waals surface area contributed by atoms with Crippen molar-refractivity contribution in [1.82, 2.24) is 4.98 Å². The van der Waals surface area contributed by atoms with Gasteiger partial charge in [-0.15, -0.1) is 11.3 Å². The maximum absolute atomic E-state index is 10.9. The van der Waals surface area contributed by atoms with Gasteiger partial charge in [-0.1, -0.05) is 0 Å². The number of nitrogens with zero attached hydrogens (tertiary/aromatic N) is 2. The van der Waals surface area contributed by atoms with Crippen LogP contribution in [0.1, 0.15) is 0 Å². The first-order valence-electron chi connectivity index (χ1n) is 4.26. The molecule has 0 amide bonds. The summed E-state index contributed by atoms with van der Waals surface area (Å²) in [6, 6.07) is -0.602. The Balaban J connectivity index is 2.18. The number of carboxylic acids is 1. The summed E-state index contributed by atoms with van der Waals surface area (Å²) < 4.78 is 5.13. The monoisotopic (exact) mass is 214 g/mol. The van der Waals surface area contributed by atoms with Gasteiger partial charge in [0.25, 0.3) is 0 Å². The van der Waals surface area contributed by atoms with Gasteiger partial charge in [-0.2, -0.15) is 0 Å². The van der Waals surface area contributed by atoms with E-state index in [4.69, 9.17) is 9.84 Å². The molecule has 1 aromatic heterocycles. The third-order valence-corrected chi connectivity index (χ3v) is 2.89. The fraction of sp³-hybridized carbons (Fsp3) is 0.500. The Hall–Kier alpha value is -1.14. The van der Waals surface area contributed by atoms with Crippen molar-refractivity contribution in [3.05, 3.63) is 11.6 Å². The predicted molar refractivity (Wildman–Crippen MR) is 51.7 cm³/mol. The predicted octanol–water partition coefficient (Wildman–Crippen LogP) is 0.433. The molecule has 1 fully saturated rings. The van der Waals surface area contributed by atoms with E-state index in [1.54, 1.807) is 11.1 Å². The SMILES string of the molecule is O=C(O)C1COCCN1c1nccs1. The van der Waals surface area contributed by atoms with Crippen LogP contribution in [-0.4, -0.2) is 41.9 Å². The molecule has 1 atom stereocenters. The number of morpholine rings is 1. The molecule has 1 aliphatic rings. The van der Waals surface area contributed by atoms with Crippen LogP contribution >= 0.6 is 11.3 Å². The lowest BCUT2D eigenvalue weighted by molar-refractivity contribution is -0.141. The van der Waals surface area contributed by atoms with Gasteiger partial charge in [-0.3, -0.25) is 0 Å². The van der Waals surface area contributed by atoms with Crippen LogP contribution in [0.3, 0.4) is 0 Å². The summed E-state index contributed by atoms with van der Waals surface area (Å²) in [7, 11) is 0. The normalized spacial score (nSPS) is 22.3. The summed E-state index contributed by atoms with van der Waals surface area (Å²) >= 11 is 1.45. The van der Waals surface area contributed by atoms with E-state index in [0.29, 0.717) is 13.2 Å². The number of thiazole rings is 1. The highest BCUT2D eigenvalue weighted by molar-refractivity contribution is 7.13. The highest BCUT2D eigenvalue weighted by Crippen LogP contribution is 2.21. The zero-order valence-electron chi connectivity index (χ0n) is 7.42. The number of ether oxygens (including phenoxy) is 1. The first-order valence-corrected chi connectivity index (χ1v) is 5.13. The van der Waals surface area contributed by atoms with Crippen LogP contribution < -0.4 is 4.90 Å². The quantitative estimate of drug-likeness (QED) is 0.773. The van der Waals surface area contributed by atoms with E-state index in [-0.39, 0.29) is 6.61 Å². The maximum atomic E-state index is 10.9. The van der Waals surface area contributed by atoms with Gasteiger partial charge < -0.3 is 14.7 Å². The molecular weight excluding hydrogens is 204 g/mol. The average Bonchev–Trinajstić information content (AvgIpc) is 2.70. The van der Waals surface area contributed by atoms with Crippen LogP contribution in [0.5, 0.6) is 0 Å². The molecule has 6 heteroatoms. The van der Waals surface area contributed by atoms with E-state index < -0.39 is 12.0 Å². The fourth-order valence-corrected chi connectivity index (χ4v) is 2.11. The molecule has 1 N–H and O–H groups in total. The minimum absolute atomic E-state index is 0.231. The van der Waals surface area contributed by atoms with E-state index in [2.05, 4.69) is 4.98 Å². The first kappa shape index (κ1) is 9.42. The second-order valence-corrected chi connectivity index (χ2v) is 3.81. The van der Waals surface area contributed by atoms with Crippen LogP contribution in [-0.2, 0) is 9.53 Å². The van der Waals surface area contributed by atoms with Gasteiger partial charge in [-0.05, 0) is 0 Å². The summed E-state index contributed by atoms with van der Waals surface area (Å²) in [5, 5.41) is 11.6. The van der Waals surface area contributed by atoms with Crippen molar-refractivity contribution in [1.29, 1.82) is 0 Å². The molecule has 0 aliphatic carbocycles. The highest BCUT2D eigenvalue weighted by atomic mass is 32.1. The molecule has 0 bridgehead atoms. The lowest BCUT2D eigenvalue weighted by Gasteiger charge is -2.32. The van der Waals surface area contributed by atoms with Gasteiger partial charge in [0.05, 0.1) is 13.2 Å². The minimum atomic E-state index is -0.861. The van der Waals surface area contributed by atoms with Crippen molar-refractivity contribution >= 4 is 22.4 Å². The smallest absolute Gasteiger partial charge is 0.328 e. The largest absolute Gasteiger partial charge is 0.480 e. The summed E-state index contributed by atoms with van der Waals surface area (Å²) in [6.07, 6.45) is 1.67. The molecule has 2 heterocycles. The standard InChI is InChI=1S/C8H10N2O3S/c11-7(12)6-5-13-3-2-10(6)8-9-1-4-14-8/h1,4,6H,2-3,5H2,(H,11,12). The molecule has 0 spiro atoms. The summed E-state index contributed by atoms with van der Waals surface area (Å²) in [5.74, 6) is -0.861. The zero-order chi connectivity index (χ0) is 9.97. The van der Waals surface area contributed by atoms with E-state index in [0.717, 1.165) is 5.13 Å². The van der Waals surface area contributed by atoms with Crippen molar-refractivity contribution in [3.63, 3.8) is 0 Å². The van der Waals surface area contributed by atoms with Crippen molar-refractivity contribution in [2.75, 3.05) is 24.7 Å². The van der Waals surface area contributed by atoms with E-state index in [1.165, 1.54) is 11.3 Å². The molecule has 1 aromatic rings. The molecule has 1 unspecified atom stereocenters. The van der Waals surface area contributed by atoms with Gasteiger partial charge in [0.1, 0.15) is 0 Å². The summed E-state index contributed by atoms with van der Waals surface area (Å²) in [4.78, 5) is 16.8. The van der Waals surface area contributed by atoms with E-state index in [1.807, 2.05) is 5.38 Å². The Kier molecular flexibility index (Phi) is 2.64. The Morgan fingerprint density at radius 1 is 1.79 bits per heavy atom. The van der Waals surface area contributed by atoms with Gasteiger partial charge in [0, 0.05) is 18.1 Å². The molecule has 1 aliphatic heterocycles. The second-order valence-electron chi connectivity index (χ2n) is 2.94.